The molecule has 0 fully saturated rings. The zero-order valence-corrected chi connectivity index (χ0v) is 39.8. The van der Waals surface area contributed by atoms with E-state index in [0.717, 1.165) is 22.1 Å². The van der Waals surface area contributed by atoms with Crippen LogP contribution in [0.5, 0.6) is 0 Å². The molecule has 0 N–H and O–H groups in total. The van der Waals surface area contributed by atoms with E-state index >= 15 is 0 Å². The van der Waals surface area contributed by atoms with Crippen LogP contribution in [-0.4, -0.2) is 93.4 Å². The van der Waals surface area contributed by atoms with Gasteiger partial charge in [0.15, 0.2) is 17.5 Å². The zero-order valence-electron chi connectivity index (χ0n) is 39.0. The van der Waals surface area contributed by atoms with E-state index in [1.165, 1.54) is 114 Å². The van der Waals surface area contributed by atoms with Crippen molar-refractivity contribution in [3.8, 4) is 78.7 Å². The van der Waals surface area contributed by atoms with Gasteiger partial charge in [-0.25, -0.2) is 15.0 Å². The molecule has 3 nitrogen and oxygen atoms in total. The molecule has 0 unspecified atom stereocenters. The molecule has 0 amide bonds. The summed E-state index contributed by atoms with van der Waals surface area (Å²) in [5.74, 6) is 1.98. The first-order valence-corrected chi connectivity index (χ1v) is 23.4. The lowest BCUT2D eigenvalue weighted by molar-refractivity contribution is 1.08. The summed E-state index contributed by atoms with van der Waals surface area (Å²) < 4.78 is 2.43. The summed E-state index contributed by atoms with van der Waals surface area (Å²) >= 11 is 1.81. The summed E-state index contributed by atoms with van der Waals surface area (Å²) in [4.78, 5) is 15.3. The highest BCUT2D eigenvalue weighted by atomic mass is 32.1. The van der Waals surface area contributed by atoms with Crippen LogP contribution < -0.4 is 54.6 Å². The number of rotatable bonds is 7. The molecule has 8 aromatic carbocycles. The van der Waals surface area contributed by atoms with E-state index in [0.29, 0.717) is 17.5 Å². The molecule has 14 heteroatoms. The van der Waals surface area contributed by atoms with E-state index in [-0.39, 0.29) is 0 Å². The average molecular weight is 838 g/mol. The lowest BCUT2D eigenvalue weighted by Crippen LogP contribution is -2.55. The summed E-state index contributed by atoms with van der Waals surface area (Å²) in [5.41, 5.74) is 26.6. The number of thiophene rings is 1. The largest absolute Gasteiger partial charge is 0.208 e. The van der Waals surface area contributed by atoms with Gasteiger partial charge >= 0.3 is 0 Å². The van der Waals surface area contributed by atoms with Crippen LogP contribution in [0, 0.1) is 0 Å². The highest BCUT2D eigenvalue weighted by Gasteiger charge is 2.21. The number of hydrogen-bond acceptors (Lipinski definition) is 4. The van der Waals surface area contributed by atoms with E-state index in [1.54, 1.807) is 0 Å². The Morgan fingerprint density at radius 3 is 1.22 bits per heavy atom. The van der Waals surface area contributed by atoms with Crippen molar-refractivity contribution >= 4 is 165 Å². The summed E-state index contributed by atoms with van der Waals surface area (Å²) in [7, 11) is 22.8. The summed E-state index contributed by atoms with van der Waals surface area (Å²) in [6.07, 6.45) is 0. The Balaban J connectivity index is 1.14. The fraction of sp³-hybridized carbons (Fsp3) is 0. The Hall–Kier alpha value is -6.36. The van der Waals surface area contributed by atoms with Crippen molar-refractivity contribution in [2.45, 2.75) is 0 Å². The number of aromatic nitrogens is 3. The second-order valence-electron chi connectivity index (χ2n) is 17.9. The minimum Gasteiger partial charge on any atom is -0.208 e. The monoisotopic (exact) mass is 839 g/mol. The van der Waals surface area contributed by atoms with Gasteiger partial charge in [-0.2, -0.15) is 0 Å². The summed E-state index contributed by atoms with van der Waals surface area (Å²) in [5, 5.41) is 2.36. The quantitative estimate of drug-likeness (QED) is 0.157. The van der Waals surface area contributed by atoms with Gasteiger partial charge in [-0.1, -0.05) is 119 Å². The van der Waals surface area contributed by atoms with Gasteiger partial charge in [0.1, 0.15) is 78.5 Å². The van der Waals surface area contributed by atoms with Gasteiger partial charge in [0.25, 0.3) is 0 Å². The third kappa shape index (κ3) is 7.46. The van der Waals surface area contributed by atoms with Gasteiger partial charge in [0.2, 0.25) is 0 Å². The predicted molar refractivity (Wildman–Crippen MR) is 313 cm³/mol. The zero-order chi connectivity index (χ0) is 45.3. The molecule has 0 saturated heterocycles. The smallest absolute Gasteiger partial charge is 0.164 e. The Bertz CT molecular complexity index is 3360. The van der Waals surface area contributed by atoms with E-state index in [4.69, 9.17) is 15.0 Å². The van der Waals surface area contributed by atoms with Crippen molar-refractivity contribution in [3.63, 3.8) is 0 Å². The normalized spacial score (nSPS) is 11.4. The third-order valence-corrected chi connectivity index (χ3v) is 15.6. The molecule has 0 radical (unpaired) electrons. The molecule has 0 atom stereocenters. The number of fused-ring (bicyclic) bond motifs is 3. The van der Waals surface area contributed by atoms with Crippen molar-refractivity contribution < 1.29 is 0 Å². The van der Waals surface area contributed by atoms with Crippen LogP contribution >= 0.6 is 11.3 Å². The summed E-state index contributed by atoms with van der Waals surface area (Å²) in [6, 6.07) is 50.2. The fourth-order valence-corrected chi connectivity index (χ4v) is 11.1. The maximum absolute atomic E-state index is 5.15. The highest BCUT2D eigenvalue weighted by Crippen LogP contribution is 2.42. The molecular weight excluding hydrogens is 795 g/mol. The molecule has 2 heterocycles. The van der Waals surface area contributed by atoms with Crippen LogP contribution in [0.2, 0.25) is 0 Å². The minimum absolute atomic E-state index is 0.659. The first-order chi connectivity index (χ1) is 31.4. The number of benzene rings is 8. The average Bonchev–Trinajstić information content (AvgIpc) is 3.73. The molecule has 298 valence electrons. The SMILES string of the molecule is Bc1c(B)c(B)c(-c2cc(-c3cccc(-c4ccc5sc6cccc(-c7nc(-c8ccccc8)nc(-c8ccccc8)n7)c6c5c4)c3)cc(-c3c(B)c(B)c(B)c(B)c3B)c2)c(B)c1B. The maximum Gasteiger partial charge on any atom is 0.164 e. The fourth-order valence-electron chi connectivity index (χ4n) is 9.95. The van der Waals surface area contributed by atoms with Crippen molar-refractivity contribution in [1.82, 2.24) is 15.0 Å². The highest BCUT2D eigenvalue weighted by molar-refractivity contribution is 7.26. The Labute approximate surface area is 395 Å². The van der Waals surface area contributed by atoms with Gasteiger partial charge in [0.05, 0.1) is 0 Å². The van der Waals surface area contributed by atoms with Crippen molar-refractivity contribution in [3.05, 3.63) is 140 Å². The molecule has 2 aromatic heterocycles. The van der Waals surface area contributed by atoms with Crippen LogP contribution in [0.4, 0.5) is 0 Å². The Kier molecular flexibility index (Phi) is 11.1. The van der Waals surface area contributed by atoms with Gasteiger partial charge in [-0.05, 0) is 87.0 Å². The first-order valence-electron chi connectivity index (χ1n) is 22.6. The molecule has 65 heavy (non-hydrogen) atoms. The van der Waals surface area contributed by atoms with Crippen LogP contribution in [0.15, 0.2) is 140 Å². The second kappa shape index (κ2) is 16.9. The van der Waals surface area contributed by atoms with Gasteiger partial charge in [-0.3, -0.25) is 0 Å². The molecule has 0 bridgehead atoms. The van der Waals surface area contributed by atoms with E-state index in [2.05, 4.69) is 182 Å². The molecule has 0 aliphatic heterocycles. The van der Waals surface area contributed by atoms with Gasteiger partial charge < -0.3 is 0 Å². The minimum atomic E-state index is 0.659. The third-order valence-electron chi connectivity index (χ3n) is 14.5. The second-order valence-corrected chi connectivity index (χ2v) is 19.0. The predicted octanol–water partition coefficient (Wildman–Crippen LogP) is -3.51. The van der Waals surface area contributed by atoms with Crippen molar-refractivity contribution in [1.29, 1.82) is 0 Å². The van der Waals surface area contributed by atoms with Crippen molar-refractivity contribution in [2.75, 3.05) is 0 Å². The van der Waals surface area contributed by atoms with E-state index < -0.39 is 0 Å². The summed E-state index contributed by atoms with van der Waals surface area (Å²) in [6.45, 7) is 0. The molecule has 10 aromatic rings. The molecular formula is C51H43B10N3S. The molecule has 10 rings (SSSR count). The topological polar surface area (TPSA) is 38.7 Å². The van der Waals surface area contributed by atoms with Crippen molar-refractivity contribution in [2.24, 2.45) is 0 Å². The Morgan fingerprint density at radius 1 is 0.292 bits per heavy atom. The van der Waals surface area contributed by atoms with Crippen LogP contribution in [0.3, 0.4) is 0 Å². The van der Waals surface area contributed by atoms with Crippen LogP contribution in [0.25, 0.3) is 98.8 Å². The lowest BCUT2D eigenvalue weighted by atomic mass is 9.59. The molecule has 0 aliphatic rings. The molecule has 0 aliphatic carbocycles. The van der Waals surface area contributed by atoms with Crippen LogP contribution in [-0.2, 0) is 0 Å². The van der Waals surface area contributed by atoms with E-state index in [9.17, 15) is 0 Å². The lowest BCUT2D eigenvalue weighted by Gasteiger charge is -2.24. The molecule has 0 spiro atoms. The number of hydrogen-bond donors (Lipinski definition) is 0. The first kappa shape index (κ1) is 42.6. The van der Waals surface area contributed by atoms with E-state index in [1.807, 2.05) is 47.7 Å². The van der Waals surface area contributed by atoms with Gasteiger partial charge in [-0.15, -0.1) is 44.1 Å². The standard InChI is InChI=1S/C51H43B10N3S/c52-39-36(40(53)44(57)47(60)43(39)56)30-20-29(21-31(22-30)37-41(54)45(58)48(61)46(59)42(37)55)27-14-7-13-26(19-27)28-17-18-34-33(23-28)38-32(15-8-16-35(38)65-34)51-63-49(24-9-3-1-4-10-24)62-50(64-51)25-11-5-2-6-12-25/h1-23H,52-61H2. The maximum atomic E-state index is 5.15. The van der Waals surface area contributed by atoms with Gasteiger partial charge in [0, 0.05) is 36.9 Å². The number of nitrogens with zero attached hydrogens (tertiary/aromatic N) is 3. The molecule has 0 saturated carbocycles. The van der Waals surface area contributed by atoms with Crippen LogP contribution in [0.1, 0.15) is 0 Å². The Morgan fingerprint density at radius 2 is 0.692 bits per heavy atom.